The Labute approximate surface area is 132 Å². The van der Waals surface area contributed by atoms with Crippen molar-refractivity contribution < 1.29 is 9.53 Å². The van der Waals surface area contributed by atoms with Crippen LogP contribution in [-0.4, -0.2) is 18.0 Å². The summed E-state index contributed by atoms with van der Waals surface area (Å²) in [6.45, 7) is 1.92. The number of ether oxygens (including phenoxy) is 1. The highest BCUT2D eigenvalue weighted by Crippen LogP contribution is 2.22. The summed E-state index contributed by atoms with van der Waals surface area (Å²) >= 11 is 0. The van der Waals surface area contributed by atoms with Gasteiger partial charge in [-0.3, -0.25) is 9.59 Å². The standard InChI is InChI=1S/C18H16N2O3/c1-11-7-8-12(9-16(11)23-2)20-18(22)14-10-19-15-6-4-3-5-13(15)17(14)21/h3-10H,1-2H3,(H,19,21)(H,20,22). The van der Waals surface area contributed by atoms with Crippen LogP contribution in [-0.2, 0) is 0 Å². The maximum absolute atomic E-state index is 12.4. The number of benzene rings is 2. The molecule has 23 heavy (non-hydrogen) atoms. The largest absolute Gasteiger partial charge is 0.496 e. The first-order chi connectivity index (χ1) is 11.1. The van der Waals surface area contributed by atoms with Gasteiger partial charge in [-0.15, -0.1) is 0 Å². The fraction of sp³-hybridized carbons (Fsp3) is 0.111. The normalized spacial score (nSPS) is 10.5. The molecule has 0 atom stereocenters. The number of pyridine rings is 1. The zero-order valence-corrected chi connectivity index (χ0v) is 12.8. The van der Waals surface area contributed by atoms with Crippen LogP contribution in [0.3, 0.4) is 0 Å². The molecule has 0 unspecified atom stereocenters. The molecule has 1 amide bonds. The predicted molar refractivity (Wildman–Crippen MR) is 90.3 cm³/mol. The summed E-state index contributed by atoms with van der Waals surface area (Å²) in [5.41, 5.74) is 2.02. The minimum atomic E-state index is -0.456. The van der Waals surface area contributed by atoms with Gasteiger partial charge in [-0.2, -0.15) is 0 Å². The molecule has 0 aliphatic heterocycles. The number of carbonyl (C=O) groups is 1. The number of aryl methyl sites for hydroxylation is 1. The summed E-state index contributed by atoms with van der Waals surface area (Å²) in [7, 11) is 1.57. The Morgan fingerprint density at radius 1 is 1.17 bits per heavy atom. The number of hydrogen-bond donors (Lipinski definition) is 2. The second kappa shape index (κ2) is 5.96. The molecule has 1 heterocycles. The van der Waals surface area contributed by atoms with Crippen LogP contribution in [0.5, 0.6) is 5.75 Å². The van der Waals surface area contributed by atoms with Crippen LogP contribution in [0.1, 0.15) is 15.9 Å². The van der Waals surface area contributed by atoms with Gasteiger partial charge in [0.25, 0.3) is 5.91 Å². The van der Waals surface area contributed by atoms with Crippen LogP contribution in [0.4, 0.5) is 5.69 Å². The van der Waals surface area contributed by atoms with Gasteiger partial charge in [-0.05, 0) is 30.7 Å². The maximum Gasteiger partial charge on any atom is 0.261 e. The second-order valence-electron chi connectivity index (χ2n) is 5.22. The number of H-pyrrole nitrogens is 1. The lowest BCUT2D eigenvalue weighted by Gasteiger charge is -2.09. The number of rotatable bonds is 3. The predicted octanol–water partition coefficient (Wildman–Crippen LogP) is 3.10. The highest BCUT2D eigenvalue weighted by Gasteiger charge is 2.13. The van der Waals surface area contributed by atoms with Gasteiger partial charge in [0.05, 0.1) is 7.11 Å². The van der Waals surface area contributed by atoms with E-state index in [1.54, 1.807) is 37.4 Å². The smallest absolute Gasteiger partial charge is 0.261 e. The molecule has 0 fully saturated rings. The lowest BCUT2D eigenvalue weighted by molar-refractivity contribution is 0.102. The van der Waals surface area contributed by atoms with E-state index in [9.17, 15) is 9.59 Å². The number of amides is 1. The lowest BCUT2D eigenvalue weighted by Crippen LogP contribution is -2.21. The van der Waals surface area contributed by atoms with Crippen molar-refractivity contribution in [3.05, 3.63) is 70.0 Å². The monoisotopic (exact) mass is 308 g/mol. The summed E-state index contributed by atoms with van der Waals surface area (Å²) in [6.07, 6.45) is 1.44. The zero-order valence-electron chi connectivity index (χ0n) is 12.8. The lowest BCUT2D eigenvalue weighted by atomic mass is 10.1. The van der Waals surface area contributed by atoms with E-state index in [2.05, 4.69) is 10.3 Å². The number of fused-ring (bicyclic) bond motifs is 1. The van der Waals surface area contributed by atoms with Gasteiger partial charge in [0.15, 0.2) is 0 Å². The average molecular weight is 308 g/mol. The number of aromatic nitrogens is 1. The fourth-order valence-corrected chi connectivity index (χ4v) is 2.43. The van der Waals surface area contributed by atoms with E-state index in [0.29, 0.717) is 22.3 Å². The van der Waals surface area contributed by atoms with Crippen molar-refractivity contribution in [1.82, 2.24) is 4.98 Å². The fourth-order valence-electron chi connectivity index (χ4n) is 2.43. The molecule has 0 aliphatic rings. The Morgan fingerprint density at radius 3 is 2.74 bits per heavy atom. The molecule has 5 heteroatoms. The average Bonchev–Trinajstić information content (AvgIpc) is 2.57. The quantitative estimate of drug-likeness (QED) is 0.781. The molecule has 2 N–H and O–H groups in total. The van der Waals surface area contributed by atoms with Crippen molar-refractivity contribution in [1.29, 1.82) is 0 Å². The van der Waals surface area contributed by atoms with E-state index in [0.717, 1.165) is 5.56 Å². The molecule has 0 aliphatic carbocycles. The van der Waals surface area contributed by atoms with E-state index in [-0.39, 0.29) is 11.0 Å². The van der Waals surface area contributed by atoms with Gasteiger partial charge in [-0.1, -0.05) is 18.2 Å². The molecule has 1 aromatic heterocycles. The molecular weight excluding hydrogens is 292 g/mol. The van der Waals surface area contributed by atoms with Gasteiger partial charge < -0.3 is 15.0 Å². The number of methoxy groups -OCH3 is 1. The van der Waals surface area contributed by atoms with E-state index in [4.69, 9.17) is 4.74 Å². The summed E-state index contributed by atoms with van der Waals surface area (Å²) in [5.74, 6) is 0.220. The first-order valence-electron chi connectivity index (χ1n) is 7.16. The Bertz CT molecular complexity index is 944. The van der Waals surface area contributed by atoms with E-state index >= 15 is 0 Å². The van der Waals surface area contributed by atoms with E-state index < -0.39 is 5.91 Å². The molecule has 0 saturated heterocycles. The number of hydrogen-bond acceptors (Lipinski definition) is 3. The number of nitrogens with one attached hydrogen (secondary N) is 2. The van der Waals surface area contributed by atoms with Crippen molar-refractivity contribution >= 4 is 22.5 Å². The Hall–Kier alpha value is -3.08. The van der Waals surface area contributed by atoms with Crippen molar-refractivity contribution in [2.24, 2.45) is 0 Å². The molecule has 3 rings (SSSR count). The summed E-state index contributed by atoms with van der Waals surface area (Å²) < 4.78 is 5.24. The SMILES string of the molecule is COc1cc(NC(=O)c2c[nH]c3ccccc3c2=O)ccc1C. The summed E-state index contributed by atoms with van der Waals surface area (Å²) in [4.78, 5) is 27.8. The minimum absolute atomic E-state index is 0.0724. The molecular formula is C18H16N2O3. The van der Waals surface area contributed by atoms with Gasteiger partial charge in [0.2, 0.25) is 5.43 Å². The highest BCUT2D eigenvalue weighted by molar-refractivity contribution is 6.05. The van der Waals surface area contributed by atoms with Crippen LogP contribution in [0.15, 0.2) is 53.5 Å². The third-order valence-corrected chi connectivity index (χ3v) is 3.70. The highest BCUT2D eigenvalue weighted by atomic mass is 16.5. The molecule has 0 radical (unpaired) electrons. The number of anilines is 1. The molecule has 5 nitrogen and oxygen atoms in total. The van der Waals surface area contributed by atoms with E-state index in [1.807, 2.05) is 19.1 Å². The van der Waals surface area contributed by atoms with Crippen molar-refractivity contribution in [3.63, 3.8) is 0 Å². The van der Waals surface area contributed by atoms with Crippen LogP contribution in [0.2, 0.25) is 0 Å². The van der Waals surface area contributed by atoms with Crippen molar-refractivity contribution in [2.75, 3.05) is 12.4 Å². The Balaban J connectivity index is 1.95. The van der Waals surface area contributed by atoms with Gasteiger partial charge in [0, 0.05) is 28.9 Å². The van der Waals surface area contributed by atoms with E-state index in [1.165, 1.54) is 6.20 Å². The first kappa shape index (κ1) is 14.8. The Kier molecular flexibility index (Phi) is 3.85. The van der Waals surface area contributed by atoms with Gasteiger partial charge in [0.1, 0.15) is 11.3 Å². The minimum Gasteiger partial charge on any atom is -0.496 e. The molecule has 3 aromatic rings. The third kappa shape index (κ3) is 2.81. The number of carbonyl (C=O) groups excluding carboxylic acids is 1. The zero-order chi connectivity index (χ0) is 16.4. The first-order valence-corrected chi connectivity index (χ1v) is 7.16. The molecule has 2 aromatic carbocycles. The van der Waals surface area contributed by atoms with Gasteiger partial charge in [-0.25, -0.2) is 0 Å². The number of para-hydroxylation sites is 1. The van der Waals surface area contributed by atoms with Crippen LogP contribution >= 0.6 is 0 Å². The molecule has 0 saturated carbocycles. The summed E-state index contributed by atoms with van der Waals surface area (Å²) in [6, 6.07) is 12.4. The molecule has 116 valence electrons. The third-order valence-electron chi connectivity index (χ3n) is 3.70. The topological polar surface area (TPSA) is 71.2 Å². The molecule has 0 spiro atoms. The van der Waals surface area contributed by atoms with Crippen molar-refractivity contribution in [3.8, 4) is 5.75 Å². The van der Waals surface area contributed by atoms with Crippen LogP contribution in [0, 0.1) is 6.92 Å². The Morgan fingerprint density at radius 2 is 1.96 bits per heavy atom. The molecule has 0 bridgehead atoms. The summed E-state index contributed by atoms with van der Waals surface area (Å²) in [5, 5.41) is 3.21. The van der Waals surface area contributed by atoms with Crippen LogP contribution in [0.25, 0.3) is 10.9 Å². The maximum atomic E-state index is 12.4. The van der Waals surface area contributed by atoms with Crippen molar-refractivity contribution in [2.45, 2.75) is 6.92 Å². The number of aromatic amines is 1. The van der Waals surface area contributed by atoms with Gasteiger partial charge >= 0.3 is 0 Å². The second-order valence-corrected chi connectivity index (χ2v) is 5.22. The van der Waals surface area contributed by atoms with Crippen LogP contribution < -0.4 is 15.5 Å².